The number of anilines is 3. The van der Waals surface area contributed by atoms with Gasteiger partial charge in [0.1, 0.15) is 29.1 Å². The average Bonchev–Trinajstić information content (AvgIpc) is 3.34. The highest BCUT2D eigenvalue weighted by atomic mass is 32.2. The molecule has 0 fully saturated rings. The molecular weight excluding hydrogens is 529 g/mol. The molecule has 5 N–H and O–H groups in total. The third kappa shape index (κ3) is 6.66. The Labute approximate surface area is 223 Å². The summed E-state index contributed by atoms with van der Waals surface area (Å²) in [4.78, 5) is 20.5. The number of aromatic amines is 1. The molecule has 2 aromatic carbocycles. The smallest absolute Gasteiger partial charge is 0.254 e. The molecule has 2 heterocycles. The number of sulfonamides is 1. The maximum Gasteiger partial charge on any atom is 0.254 e. The Hall–Kier alpha value is -4.56. The normalized spacial score (nSPS) is 12.1. The van der Waals surface area contributed by atoms with Gasteiger partial charge in [0.25, 0.3) is 5.91 Å². The van der Waals surface area contributed by atoms with E-state index in [1.54, 1.807) is 18.2 Å². The highest BCUT2D eigenvalue weighted by Gasteiger charge is 2.23. The highest BCUT2D eigenvalue weighted by Crippen LogP contribution is 2.36. The number of H-pyrrole nitrogens is 1. The zero-order valence-electron chi connectivity index (χ0n) is 21.0. The summed E-state index contributed by atoms with van der Waals surface area (Å²) in [5.41, 5.74) is 7.16. The topological polar surface area (TPSA) is 174 Å². The first kappa shape index (κ1) is 27.5. The molecule has 1 amide bonds. The van der Waals surface area contributed by atoms with Crippen LogP contribution in [0.15, 0.2) is 61.1 Å². The monoisotopic (exact) mass is 555 g/mol. The van der Waals surface area contributed by atoms with E-state index in [1.165, 1.54) is 56.9 Å². The van der Waals surface area contributed by atoms with Gasteiger partial charge < -0.3 is 20.5 Å². The van der Waals surface area contributed by atoms with E-state index in [0.29, 0.717) is 16.9 Å². The van der Waals surface area contributed by atoms with E-state index < -0.39 is 27.9 Å². The summed E-state index contributed by atoms with van der Waals surface area (Å²) in [6.45, 7) is 1.58. The summed E-state index contributed by atoms with van der Waals surface area (Å²) < 4.78 is 52.3. The Morgan fingerprint density at radius 1 is 1.18 bits per heavy atom. The van der Waals surface area contributed by atoms with Crippen LogP contribution >= 0.6 is 0 Å². The van der Waals surface area contributed by atoms with E-state index in [0.717, 1.165) is 0 Å². The summed E-state index contributed by atoms with van der Waals surface area (Å²) in [7, 11) is -2.19. The molecule has 0 bridgehead atoms. The fourth-order valence-electron chi connectivity index (χ4n) is 3.65. The van der Waals surface area contributed by atoms with E-state index in [2.05, 4.69) is 30.2 Å². The molecule has 0 radical (unpaired) electrons. The summed E-state index contributed by atoms with van der Waals surface area (Å²) in [5, 5.41) is 9.86. The second-order valence-electron chi connectivity index (χ2n) is 8.23. The number of hydrogen-bond donors (Lipinski definition) is 4. The van der Waals surface area contributed by atoms with Gasteiger partial charge in [-0.25, -0.2) is 17.8 Å². The van der Waals surface area contributed by atoms with E-state index in [-0.39, 0.29) is 40.9 Å². The van der Waals surface area contributed by atoms with Crippen molar-refractivity contribution < 1.29 is 27.1 Å². The van der Waals surface area contributed by atoms with Crippen LogP contribution in [-0.4, -0.2) is 54.0 Å². The van der Waals surface area contributed by atoms with Crippen molar-refractivity contribution in [1.82, 2.24) is 20.2 Å². The summed E-state index contributed by atoms with van der Waals surface area (Å²) in [5.74, 6) is -0.765. The molecule has 0 unspecified atom stereocenters. The van der Waals surface area contributed by atoms with E-state index >= 15 is 0 Å². The molecule has 0 saturated carbocycles. The van der Waals surface area contributed by atoms with Crippen LogP contribution in [0.1, 0.15) is 28.9 Å². The van der Waals surface area contributed by atoms with Crippen molar-refractivity contribution in [1.29, 1.82) is 0 Å². The first-order valence-electron chi connectivity index (χ1n) is 11.7. The van der Waals surface area contributed by atoms with E-state index in [9.17, 15) is 17.6 Å². The minimum absolute atomic E-state index is 0.0421. The highest BCUT2D eigenvalue weighted by molar-refractivity contribution is 7.92. The summed E-state index contributed by atoms with van der Waals surface area (Å²) in [6.07, 6.45) is 3.69. The number of rotatable bonds is 12. The minimum Gasteiger partial charge on any atom is -0.481 e. The first-order chi connectivity index (χ1) is 18.7. The number of primary amides is 1. The van der Waals surface area contributed by atoms with Gasteiger partial charge in [-0.3, -0.25) is 19.6 Å². The number of carbonyl (C=O) groups is 1. The van der Waals surface area contributed by atoms with E-state index in [4.69, 9.17) is 15.2 Å². The van der Waals surface area contributed by atoms with E-state index in [1.807, 2.05) is 0 Å². The minimum atomic E-state index is -3.67. The third-order valence-corrected chi connectivity index (χ3v) is 6.86. The number of nitrogens with two attached hydrogens (primary N) is 1. The molecule has 12 nitrogen and oxygen atoms in total. The molecule has 14 heteroatoms. The Morgan fingerprint density at radius 3 is 2.59 bits per heavy atom. The Balaban J connectivity index is 1.78. The number of benzene rings is 2. The molecule has 4 aromatic rings. The quantitative estimate of drug-likeness (QED) is 0.204. The lowest BCUT2D eigenvalue weighted by Gasteiger charge is -2.22. The third-order valence-electron chi connectivity index (χ3n) is 5.57. The number of amides is 1. The Bertz CT molecular complexity index is 1550. The van der Waals surface area contributed by atoms with Crippen LogP contribution in [-0.2, 0) is 14.8 Å². The van der Waals surface area contributed by atoms with Crippen LogP contribution in [0.5, 0.6) is 5.75 Å². The van der Waals surface area contributed by atoms with Crippen molar-refractivity contribution in [3.63, 3.8) is 0 Å². The number of carbonyl (C=O) groups excluding carboxylic acids is 1. The number of nitrogens with one attached hydrogen (secondary N) is 3. The Kier molecular flexibility index (Phi) is 8.36. The fraction of sp³-hybridized carbons (Fsp3) is 0.200. The van der Waals surface area contributed by atoms with Gasteiger partial charge in [-0.2, -0.15) is 5.10 Å². The molecule has 0 saturated heterocycles. The Morgan fingerprint density at radius 2 is 1.95 bits per heavy atom. The van der Waals surface area contributed by atoms with Crippen LogP contribution in [0.2, 0.25) is 0 Å². The van der Waals surface area contributed by atoms with Gasteiger partial charge >= 0.3 is 0 Å². The molecule has 1 atom stereocenters. The number of ether oxygens (including phenoxy) is 2. The molecule has 204 valence electrons. The second kappa shape index (κ2) is 11.9. The zero-order chi connectivity index (χ0) is 28.0. The van der Waals surface area contributed by atoms with Crippen LogP contribution in [0.25, 0.3) is 11.3 Å². The molecule has 2 aromatic heterocycles. The predicted molar refractivity (Wildman–Crippen MR) is 143 cm³/mol. The number of methoxy groups -OCH3 is 1. The van der Waals surface area contributed by atoms with Crippen LogP contribution in [0.3, 0.4) is 0 Å². The molecule has 4 rings (SSSR count). The summed E-state index contributed by atoms with van der Waals surface area (Å²) >= 11 is 0. The van der Waals surface area contributed by atoms with Crippen LogP contribution in [0.4, 0.5) is 21.7 Å². The first-order valence-corrected chi connectivity index (χ1v) is 13.3. The number of nitrogens with zero attached hydrogens (tertiary/aromatic N) is 3. The molecule has 0 aliphatic heterocycles. The molecule has 0 spiro atoms. The average molecular weight is 556 g/mol. The van der Waals surface area contributed by atoms with Gasteiger partial charge in [0.05, 0.1) is 29.9 Å². The van der Waals surface area contributed by atoms with Gasteiger partial charge in [-0.1, -0.05) is 18.2 Å². The van der Waals surface area contributed by atoms with Gasteiger partial charge in [-0.05, 0) is 36.8 Å². The van der Waals surface area contributed by atoms with Crippen molar-refractivity contribution in [3.05, 3.63) is 78.0 Å². The molecule has 0 aliphatic carbocycles. The molecule has 0 aliphatic rings. The van der Waals surface area contributed by atoms with Gasteiger partial charge in [-0.15, -0.1) is 0 Å². The summed E-state index contributed by atoms with van der Waals surface area (Å²) in [6, 6.07) is 10.3. The van der Waals surface area contributed by atoms with Crippen LogP contribution < -0.4 is 20.5 Å². The van der Waals surface area contributed by atoms with Crippen molar-refractivity contribution >= 4 is 33.3 Å². The lowest BCUT2D eigenvalue weighted by molar-refractivity contribution is 0.0815. The maximum absolute atomic E-state index is 13.5. The zero-order valence-corrected chi connectivity index (χ0v) is 21.8. The lowest BCUT2D eigenvalue weighted by atomic mass is 10.1. The number of halogens is 1. The van der Waals surface area contributed by atoms with Crippen molar-refractivity contribution in [3.8, 4) is 17.0 Å². The fourth-order valence-corrected chi connectivity index (χ4v) is 4.29. The SMILES string of the molecule is CCS(=O)(=O)Nc1ccc(-c2[nH]nc(Nc3cnccn3)c2C(N)=O)cc1O[C@@H](COC)c1ccc(F)cc1. The number of aromatic nitrogens is 4. The second-order valence-corrected chi connectivity index (χ2v) is 10.2. The lowest BCUT2D eigenvalue weighted by Crippen LogP contribution is -2.18. The van der Waals surface area contributed by atoms with Crippen molar-refractivity contribution in [2.75, 3.05) is 29.5 Å². The largest absolute Gasteiger partial charge is 0.481 e. The van der Waals surface area contributed by atoms with Gasteiger partial charge in [0.15, 0.2) is 5.82 Å². The number of hydrogen-bond acceptors (Lipinski definition) is 9. The van der Waals surface area contributed by atoms with Crippen molar-refractivity contribution in [2.24, 2.45) is 5.73 Å². The maximum atomic E-state index is 13.5. The van der Waals surface area contributed by atoms with Gasteiger partial charge in [0.2, 0.25) is 10.0 Å². The van der Waals surface area contributed by atoms with Gasteiger partial charge in [0, 0.05) is 25.1 Å². The molecular formula is C25H26FN7O5S. The predicted octanol–water partition coefficient (Wildman–Crippen LogP) is 3.38. The standard InChI is InChI=1S/C25H26FN7O5S/c1-3-39(35,36)33-18-9-6-16(12-19(18)38-20(14-37-2)15-4-7-17(26)8-5-15)23-22(24(27)34)25(32-31-23)30-21-13-28-10-11-29-21/h4-13,20,33H,3,14H2,1-2H3,(H2,27,34)(H2,29,30,31,32)/t20-/m0/s1. The van der Waals surface area contributed by atoms with Crippen LogP contribution in [0, 0.1) is 5.82 Å². The molecule has 39 heavy (non-hydrogen) atoms. The van der Waals surface area contributed by atoms with Crippen molar-refractivity contribution in [2.45, 2.75) is 13.0 Å².